The highest BCUT2D eigenvalue weighted by molar-refractivity contribution is 6.32. The second-order valence-corrected chi connectivity index (χ2v) is 9.68. The molecule has 1 aliphatic heterocycles. The van der Waals surface area contributed by atoms with Gasteiger partial charge in [0.25, 0.3) is 0 Å². The van der Waals surface area contributed by atoms with E-state index < -0.39 is 17.7 Å². The number of amides is 1. The van der Waals surface area contributed by atoms with Crippen LogP contribution in [0.2, 0.25) is 5.02 Å². The number of carboxylic acid groups (broad SMARTS) is 1. The van der Waals surface area contributed by atoms with Crippen molar-refractivity contribution in [3.8, 4) is 17.0 Å². The highest BCUT2D eigenvalue weighted by Crippen LogP contribution is 2.34. The average molecular weight is 551 g/mol. The first-order valence-corrected chi connectivity index (χ1v) is 12.4. The third kappa shape index (κ3) is 5.13. The molecule has 39 heavy (non-hydrogen) atoms. The molecule has 1 amide bonds. The first-order valence-electron chi connectivity index (χ1n) is 12.0. The van der Waals surface area contributed by atoms with Crippen LogP contribution in [0.3, 0.4) is 0 Å². The molecule has 1 saturated heterocycles. The number of fused-ring (bicyclic) bond motifs is 1. The van der Waals surface area contributed by atoms with E-state index in [1.54, 1.807) is 25.4 Å². The van der Waals surface area contributed by atoms with Crippen molar-refractivity contribution in [1.29, 1.82) is 0 Å². The maximum absolute atomic E-state index is 14.1. The van der Waals surface area contributed by atoms with E-state index in [0.717, 1.165) is 6.07 Å². The number of likely N-dealkylation sites (N-methyl/N-ethyl adjacent to an activating group) is 1. The number of anilines is 3. The summed E-state index contributed by atoms with van der Waals surface area (Å²) in [4.78, 5) is 40.6. The fourth-order valence-corrected chi connectivity index (χ4v) is 4.76. The van der Waals surface area contributed by atoms with Gasteiger partial charge in [-0.05, 0) is 49.7 Å². The summed E-state index contributed by atoms with van der Waals surface area (Å²) < 4.78 is 14.1. The van der Waals surface area contributed by atoms with Gasteiger partial charge in [0.1, 0.15) is 11.3 Å². The van der Waals surface area contributed by atoms with E-state index in [4.69, 9.17) is 11.6 Å². The van der Waals surface area contributed by atoms with Crippen molar-refractivity contribution >= 4 is 51.7 Å². The molecule has 200 valence electrons. The van der Waals surface area contributed by atoms with E-state index >= 15 is 0 Å². The lowest BCUT2D eigenvalue weighted by atomic mass is 10.1. The van der Waals surface area contributed by atoms with Crippen LogP contribution in [-0.4, -0.2) is 68.1 Å². The number of carbonyl (C=O) groups excluding carboxylic acids is 1. The molecule has 5 rings (SSSR count). The number of hydrogen-bond donors (Lipinski definition) is 3. The molecule has 0 saturated carbocycles. The Bertz CT molecular complexity index is 1580. The second-order valence-electron chi connectivity index (χ2n) is 9.27. The van der Waals surface area contributed by atoms with Gasteiger partial charge in [-0.15, -0.1) is 0 Å². The Morgan fingerprint density at radius 3 is 2.64 bits per heavy atom. The number of aromatic hydroxyl groups is 1. The minimum Gasteiger partial charge on any atom is -0.504 e. The molecule has 0 bridgehead atoms. The Balaban J connectivity index is 1.47. The van der Waals surface area contributed by atoms with Gasteiger partial charge in [-0.2, -0.15) is 0 Å². The van der Waals surface area contributed by atoms with E-state index in [1.807, 2.05) is 17.0 Å². The van der Waals surface area contributed by atoms with E-state index in [9.17, 15) is 24.2 Å². The fourth-order valence-electron chi connectivity index (χ4n) is 4.55. The molecule has 1 unspecified atom stereocenters. The molecule has 4 heterocycles. The second kappa shape index (κ2) is 10.3. The van der Waals surface area contributed by atoms with Crippen LogP contribution in [0.25, 0.3) is 22.3 Å². The number of hydrogen-bond acceptors (Lipinski definition) is 8. The zero-order valence-corrected chi connectivity index (χ0v) is 21.8. The first kappa shape index (κ1) is 26.1. The van der Waals surface area contributed by atoms with Crippen LogP contribution in [-0.2, 0) is 0 Å². The van der Waals surface area contributed by atoms with Crippen molar-refractivity contribution in [2.45, 2.75) is 19.4 Å². The number of nitrogens with zero attached hydrogens (tertiary/aromatic N) is 5. The third-order valence-electron chi connectivity index (χ3n) is 6.76. The largest absolute Gasteiger partial charge is 0.504 e. The summed E-state index contributed by atoms with van der Waals surface area (Å²) in [6.07, 6.45) is 2.84. The number of ketones is 1. The number of aromatic nitrogens is 3. The first-order chi connectivity index (χ1) is 18.6. The molecule has 1 atom stereocenters. The number of carbonyl (C=O) groups is 2. The zero-order chi connectivity index (χ0) is 27.8. The summed E-state index contributed by atoms with van der Waals surface area (Å²) in [7, 11) is 1.56. The molecular weight excluding hydrogens is 527 g/mol. The number of phenolic OH excluding ortho intramolecular Hbond substituents is 1. The number of nitrogens with one attached hydrogen (secondary N) is 1. The van der Waals surface area contributed by atoms with E-state index in [-0.39, 0.29) is 16.8 Å². The van der Waals surface area contributed by atoms with Crippen molar-refractivity contribution in [1.82, 2.24) is 19.9 Å². The third-order valence-corrected chi connectivity index (χ3v) is 7.05. The fraction of sp³-hybridized carbons (Fsp3) is 0.222. The predicted octanol–water partition coefficient (Wildman–Crippen LogP) is 5.32. The van der Waals surface area contributed by atoms with Gasteiger partial charge in [0.05, 0.1) is 45.4 Å². The number of rotatable bonds is 6. The molecule has 10 nitrogen and oxygen atoms in total. The van der Waals surface area contributed by atoms with Crippen LogP contribution in [0, 0.1) is 5.82 Å². The number of benzene rings is 1. The van der Waals surface area contributed by atoms with E-state index in [1.165, 1.54) is 24.1 Å². The molecule has 4 aromatic rings. The van der Waals surface area contributed by atoms with Gasteiger partial charge in [0.15, 0.2) is 17.3 Å². The van der Waals surface area contributed by atoms with Crippen LogP contribution >= 0.6 is 11.6 Å². The smallest absolute Gasteiger partial charge is 0.407 e. The number of halogens is 2. The Morgan fingerprint density at radius 2 is 1.97 bits per heavy atom. The summed E-state index contributed by atoms with van der Waals surface area (Å²) >= 11 is 5.96. The Kier molecular flexibility index (Phi) is 6.92. The number of Topliss-reactive ketones (excluding diaryl/α,β-unsaturated/α-hetero) is 1. The molecule has 0 radical (unpaired) electrons. The number of pyridine rings is 3. The molecule has 3 aromatic heterocycles. The number of phenols is 1. The van der Waals surface area contributed by atoms with Crippen LogP contribution in [0.4, 0.5) is 26.4 Å². The van der Waals surface area contributed by atoms with Gasteiger partial charge < -0.3 is 25.3 Å². The summed E-state index contributed by atoms with van der Waals surface area (Å²) in [5.41, 5.74) is 2.93. The van der Waals surface area contributed by atoms with Crippen molar-refractivity contribution in [2.24, 2.45) is 0 Å². The summed E-state index contributed by atoms with van der Waals surface area (Å²) in [6.45, 7) is 2.65. The molecule has 12 heteroatoms. The molecular formula is C27H24ClFN6O4. The van der Waals surface area contributed by atoms with Gasteiger partial charge in [0.2, 0.25) is 0 Å². The molecule has 1 aliphatic rings. The maximum atomic E-state index is 14.1. The van der Waals surface area contributed by atoms with Gasteiger partial charge in [-0.1, -0.05) is 11.6 Å². The highest BCUT2D eigenvalue weighted by atomic mass is 35.5. The van der Waals surface area contributed by atoms with Crippen molar-refractivity contribution in [2.75, 3.05) is 30.4 Å². The van der Waals surface area contributed by atoms with Crippen molar-refractivity contribution < 1.29 is 24.2 Å². The summed E-state index contributed by atoms with van der Waals surface area (Å²) in [5, 5.41) is 22.0. The van der Waals surface area contributed by atoms with Crippen LogP contribution < -0.4 is 10.2 Å². The van der Waals surface area contributed by atoms with Crippen LogP contribution in [0.1, 0.15) is 23.7 Å². The summed E-state index contributed by atoms with van der Waals surface area (Å²) in [5.74, 6) is -1.04. The molecule has 1 aromatic carbocycles. The van der Waals surface area contributed by atoms with Crippen molar-refractivity contribution in [3.05, 3.63) is 65.2 Å². The Labute approximate surface area is 227 Å². The minimum atomic E-state index is -0.962. The molecule has 3 N–H and O–H groups in total. The van der Waals surface area contributed by atoms with Gasteiger partial charge in [0, 0.05) is 31.9 Å². The minimum absolute atomic E-state index is 0.111. The molecule has 0 spiro atoms. The lowest BCUT2D eigenvalue weighted by molar-refractivity contribution is 0.101. The van der Waals surface area contributed by atoms with Crippen LogP contribution in [0.15, 0.2) is 48.8 Å². The predicted molar refractivity (Wildman–Crippen MR) is 146 cm³/mol. The van der Waals surface area contributed by atoms with Gasteiger partial charge in [-0.25, -0.2) is 19.2 Å². The zero-order valence-electron chi connectivity index (χ0n) is 21.0. The molecule has 1 fully saturated rings. The standard InChI is InChI=1S/C27H24ClFN6O4/c1-14(36)18-12-30-22-5-4-21(15-9-19(28)26(37)20(29)10-15)33-25(22)24(18)32-16-3-6-23(31-11-16)35-8-7-17(13-35)34(2)27(38)39/h3-6,9-12,17,37H,7-8,13H2,1-2H3,(H,30,32)(H,38,39). The highest BCUT2D eigenvalue weighted by Gasteiger charge is 2.29. The van der Waals surface area contributed by atoms with E-state index in [0.29, 0.717) is 64.6 Å². The van der Waals surface area contributed by atoms with E-state index in [2.05, 4.69) is 20.3 Å². The monoisotopic (exact) mass is 550 g/mol. The Hall–Kier alpha value is -4.51. The average Bonchev–Trinajstić information content (AvgIpc) is 3.41. The normalized spacial score (nSPS) is 15.0. The lowest BCUT2D eigenvalue weighted by Gasteiger charge is -2.22. The summed E-state index contributed by atoms with van der Waals surface area (Å²) in [6, 6.07) is 9.41. The van der Waals surface area contributed by atoms with Crippen LogP contribution in [0.5, 0.6) is 5.75 Å². The molecule has 0 aliphatic carbocycles. The topological polar surface area (TPSA) is 132 Å². The Morgan fingerprint density at radius 1 is 1.18 bits per heavy atom. The van der Waals surface area contributed by atoms with Gasteiger partial charge >= 0.3 is 6.09 Å². The quantitative estimate of drug-likeness (QED) is 0.273. The lowest BCUT2D eigenvalue weighted by Crippen LogP contribution is -2.38. The maximum Gasteiger partial charge on any atom is 0.407 e. The van der Waals surface area contributed by atoms with Crippen molar-refractivity contribution in [3.63, 3.8) is 0 Å². The SMILES string of the molecule is CC(=O)c1cnc2ccc(-c3cc(F)c(O)c(Cl)c3)nc2c1Nc1ccc(N2CCC(N(C)C(=O)O)C2)nc1. The van der Waals surface area contributed by atoms with Gasteiger partial charge in [-0.3, -0.25) is 9.78 Å².